The Balaban J connectivity index is 0.00000161. The molecule has 0 bridgehead atoms. The molecule has 1 aromatic heterocycles. The zero-order chi connectivity index (χ0) is 14.3. The SMILES string of the molecule is CC1CCc2c(C(=O)N3CCC(C)(CN)C3)csc2C1.Cl. The molecule has 1 amide bonds. The third kappa shape index (κ3) is 3.13. The fourth-order valence-electron chi connectivity index (χ4n) is 3.39. The Morgan fingerprint density at radius 3 is 3.00 bits per heavy atom. The molecule has 3 rings (SSSR count). The standard InChI is InChI=1S/C16H24N2OS.ClH/c1-11-3-4-12-13(8-20-14(12)7-11)15(19)18-6-5-16(2,9-17)10-18;/h8,11H,3-7,9-10,17H2,1-2H3;1H. The second-order valence-electron chi connectivity index (χ2n) is 6.89. The van der Waals surface area contributed by atoms with Crippen molar-refractivity contribution in [2.24, 2.45) is 17.1 Å². The average molecular weight is 329 g/mol. The fourth-order valence-corrected chi connectivity index (χ4v) is 4.63. The molecular weight excluding hydrogens is 304 g/mol. The molecular formula is C16H25ClN2OS. The monoisotopic (exact) mass is 328 g/mol. The maximum atomic E-state index is 12.8. The number of likely N-dealkylation sites (tertiary alicyclic amines) is 1. The van der Waals surface area contributed by atoms with Gasteiger partial charge in [-0.05, 0) is 49.1 Å². The molecule has 0 saturated carbocycles. The molecule has 5 heteroatoms. The van der Waals surface area contributed by atoms with Crippen LogP contribution in [0.1, 0.15) is 47.5 Å². The summed E-state index contributed by atoms with van der Waals surface area (Å²) in [6.07, 6.45) is 4.46. The number of halogens is 1. The molecule has 1 aromatic rings. The van der Waals surface area contributed by atoms with Crippen molar-refractivity contribution < 1.29 is 4.79 Å². The van der Waals surface area contributed by atoms with Gasteiger partial charge in [-0.1, -0.05) is 13.8 Å². The summed E-state index contributed by atoms with van der Waals surface area (Å²) in [5, 5.41) is 2.09. The van der Waals surface area contributed by atoms with Crippen molar-refractivity contribution in [2.45, 2.75) is 39.5 Å². The van der Waals surface area contributed by atoms with Crippen LogP contribution in [0.15, 0.2) is 5.38 Å². The third-order valence-corrected chi connectivity index (χ3v) is 6.02. The molecule has 2 unspecified atom stereocenters. The van der Waals surface area contributed by atoms with Gasteiger partial charge >= 0.3 is 0 Å². The van der Waals surface area contributed by atoms with Crippen LogP contribution in [-0.4, -0.2) is 30.4 Å². The highest BCUT2D eigenvalue weighted by Crippen LogP contribution is 2.35. The van der Waals surface area contributed by atoms with Crippen molar-refractivity contribution in [2.75, 3.05) is 19.6 Å². The van der Waals surface area contributed by atoms with E-state index < -0.39 is 0 Å². The summed E-state index contributed by atoms with van der Waals surface area (Å²) in [6.45, 7) is 6.81. The Hall–Kier alpha value is -0.580. The van der Waals surface area contributed by atoms with E-state index in [0.717, 1.165) is 43.8 Å². The lowest BCUT2D eigenvalue weighted by Crippen LogP contribution is -2.34. The van der Waals surface area contributed by atoms with Crippen molar-refractivity contribution in [3.05, 3.63) is 21.4 Å². The summed E-state index contributed by atoms with van der Waals surface area (Å²) >= 11 is 1.78. The smallest absolute Gasteiger partial charge is 0.255 e. The lowest BCUT2D eigenvalue weighted by Gasteiger charge is -2.23. The average Bonchev–Trinajstić information content (AvgIpc) is 3.02. The summed E-state index contributed by atoms with van der Waals surface area (Å²) in [6, 6.07) is 0. The van der Waals surface area contributed by atoms with Gasteiger partial charge in [-0.2, -0.15) is 0 Å². The Morgan fingerprint density at radius 2 is 2.33 bits per heavy atom. The minimum Gasteiger partial charge on any atom is -0.338 e. The first-order chi connectivity index (χ1) is 9.52. The van der Waals surface area contributed by atoms with Gasteiger partial charge in [-0.3, -0.25) is 4.79 Å². The number of rotatable bonds is 2. The first-order valence-corrected chi connectivity index (χ1v) is 8.49. The molecule has 2 heterocycles. The number of hydrogen-bond acceptors (Lipinski definition) is 3. The first-order valence-electron chi connectivity index (χ1n) is 7.61. The number of hydrogen-bond donors (Lipinski definition) is 1. The van der Waals surface area contributed by atoms with Crippen molar-refractivity contribution in [3.8, 4) is 0 Å². The van der Waals surface area contributed by atoms with Crippen LogP contribution in [-0.2, 0) is 12.8 Å². The number of carbonyl (C=O) groups excluding carboxylic acids is 1. The molecule has 2 atom stereocenters. The van der Waals surface area contributed by atoms with E-state index in [9.17, 15) is 4.79 Å². The molecule has 1 aliphatic carbocycles. The highest BCUT2D eigenvalue weighted by atomic mass is 35.5. The number of fused-ring (bicyclic) bond motifs is 1. The molecule has 0 spiro atoms. The van der Waals surface area contributed by atoms with Crippen molar-refractivity contribution in [1.82, 2.24) is 4.90 Å². The minimum absolute atomic E-state index is 0. The molecule has 1 fully saturated rings. The molecule has 1 saturated heterocycles. The highest BCUT2D eigenvalue weighted by molar-refractivity contribution is 7.10. The molecule has 21 heavy (non-hydrogen) atoms. The third-order valence-electron chi connectivity index (χ3n) is 4.97. The Labute approximate surface area is 137 Å². The van der Waals surface area contributed by atoms with E-state index in [1.165, 1.54) is 16.9 Å². The van der Waals surface area contributed by atoms with Gasteiger partial charge in [0.2, 0.25) is 0 Å². The van der Waals surface area contributed by atoms with Gasteiger partial charge in [0.15, 0.2) is 0 Å². The summed E-state index contributed by atoms with van der Waals surface area (Å²) in [5.41, 5.74) is 8.25. The number of nitrogens with zero attached hydrogens (tertiary/aromatic N) is 1. The van der Waals surface area contributed by atoms with E-state index in [4.69, 9.17) is 5.73 Å². The van der Waals surface area contributed by atoms with Crippen LogP contribution in [0.2, 0.25) is 0 Å². The van der Waals surface area contributed by atoms with E-state index in [0.29, 0.717) is 6.54 Å². The summed E-state index contributed by atoms with van der Waals surface area (Å²) in [7, 11) is 0. The van der Waals surface area contributed by atoms with Crippen LogP contribution >= 0.6 is 23.7 Å². The van der Waals surface area contributed by atoms with Crippen LogP contribution in [0.5, 0.6) is 0 Å². The maximum Gasteiger partial charge on any atom is 0.255 e. The summed E-state index contributed by atoms with van der Waals surface area (Å²) in [4.78, 5) is 16.2. The van der Waals surface area contributed by atoms with Crippen LogP contribution in [0.25, 0.3) is 0 Å². The van der Waals surface area contributed by atoms with Gasteiger partial charge in [0.05, 0.1) is 5.56 Å². The van der Waals surface area contributed by atoms with Crippen LogP contribution in [0, 0.1) is 11.3 Å². The van der Waals surface area contributed by atoms with E-state index in [1.807, 2.05) is 4.90 Å². The number of nitrogens with two attached hydrogens (primary N) is 1. The Morgan fingerprint density at radius 1 is 1.57 bits per heavy atom. The highest BCUT2D eigenvalue weighted by Gasteiger charge is 2.36. The van der Waals surface area contributed by atoms with E-state index in [-0.39, 0.29) is 23.7 Å². The number of amides is 1. The molecule has 1 aliphatic heterocycles. The predicted octanol–water partition coefficient (Wildman–Crippen LogP) is 3.11. The molecule has 2 aliphatic rings. The van der Waals surface area contributed by atoms with E-state index in [1.54, 1.807) is 11.3 Å². The first kappa shape index (κ1) is 16.8. The number of thiophene rings is 1. The molecule has 2 N–H and O–H groups in total. The van der Waals surface area contributed by atoms with E-state index >= 15 is 0 Å². The lowest BCUT2D eigenvalue weighted by atomic mass is 9.88. The predicted molar refractivity (Wildman–Crippen MR) is 90.4 cm³/mol. The van der Waals surface area contributed by atoms with Crippen LogP contribution < -0.4 is 5.73 Å². The second kappa shape index (κ2) is 6.27. The maximum absolute atomic E-state index is 12.8. The minimum atomic E-state index is 0. The largest absolute Gasteiger partial charge is 0.338 e. The van der Waals surface area contributed by atoms with Gasteiger partial charge in [-0.15, -0.1) is 23.7 Å². The van der Waals surface area contributed by atoms with Crippen molar-refractivity contribution >= 4 is 29.7 Å². The van der Waals surface area contributed by atoms with E-state index in [2.05, 4.69) is 19.2 Å². The van der Waals surface area contributed by atoms with Gasteiger partial charge in [0.1, 0.15) is 0 Å². The normalized spacial score (nSPS) is 28.1. The summed E-state index contributed by atoms with van der Waals surface area (Å²) in [5.74, 6) is 0.991. The van der Waals surface area contributed by atoms with Crippen molar-refractivity contribution in [3.63, 3.8) is 0 Å². The fraction of sp³-hybridized carbons (Fsp3) is 0.688. The van der Waals surface area contributed by atoms with Gasteiger partial charge in [-0.25, -0.2) is 0 Å². The second-order valence-corrected chi connectivity index (χ2v) is 7.85. The van der Waals surface area contributed by atoms with Gasteiger partial charge in [0, 0.05) is 23.3 Å². The van der Waals surface area contributed by atoms with Gasteiger partial charge < -0.3 is 10.6 Å². The topological polar surface area (TPSA) is 46.3 Å². The van der Waals surface area contributed by atoms with Crippen LogP contribution in [0.4, 0.5) is 0 Å². The lowest BCUT2D eigenvalue weighted by molar-refractivity contribution is 0.0776. The van der Waals surface area contributed by atoms with Gasteiger partial charge in [0.25, 0.3) is 5.91 Å². The quantitative estimate of drug-likeness (QED) is 0.906. The zero-order valence-electron chi connectivity index (χ0n) is 12.9. The number of carbonyl (C=O) groups is 1. The summed E-state index contributed by atoms with van der Waals surface area (Å²) < 4.78 is 0. The molecule has 3 nitrogen and oxygen atoms in total. The Bertz CT molecular complexity index is 530. The molecule has 118 valence electrons. The molecule has 0 aromatic carbocycles. The van der Waals surface area contributed by atoms with Crippen LogP contribution in [0.3, 0.4) is 0 Å². The van der Waals surface area contributed by atoms with Crippen molar-refractivity contribution in [1.29, 1.82) is 0 Å². The Kier molecular flexibility index (Phi) is 5.01. The zero-order valence-corrected chi connectivity index (χ0v) is 14.5. The molecule has 0 radical (unpaired) electrons.